The van der Waals surface area contributed by atoms with E-state index in [0.29, 0.717) is 5.56 Å². The topological polar surface area (TPSA) is 114 Å². The lowest BCUT2D eigenvalue weighted by Crippen LogP contribution is -2.57. The van der Waals surface area contributed by atoms with Gasteiger partial charge in [0.1, 0.15) is 23.6 Å². The maximum absolute atomic E-state index is 13.2. The van der Waals surface area contributed by atoms with Gasteiger partial charge in [0, 0.05) is 12.1 Å². The molecule has 1 saturated heterocycles. The summed E-state index contributed by atoms with van der Waals surface area (Å²) in [6.07, 6.45) is -5.41. The number of amides is 2. The van der Waals surface area contributed by atoms with E-state index in [2.05, 4.69) is 15.4 Å². The molecule has 182 valence electrons. The van der Waals surface area contributed by atoms with Crippen LogP contribution in [0.5, 0.6) is 11.5 Å². The Morgan fingerprint density at radius 3 is 2.32 bits per heavy atom. The summed E-state index contributed by atoms with van der Waals surface area (Å²) in [4.78, 5) is 38.0. The first kappa shape index (κ1) is 25.0. The van der Waals surface area contributed by atoms with Gasteiger partial charge in [-0.15, -0.1) is 13.2 Å². The monoisotopic (exact) mass is 480 g/mol. The number of rotatable bonds is 7. The number of carbonyl (C=O) groups is 3. The molecule has 0 saturated carbocycles. The zero-order valence-electron chi connectivity index (χ0n) is 18.3. The zero-order valence-corrected chi connectivity index (χ0v) is 18.3. The maximum Gasteiger partial charge on any atom is 0.573 e. The average Bonchev–Trinajstić information content (AvgIpc) is 3.01. The van der Waals surface area contributed by atoms with E-state index >= 15 is 0 Å². The van der Waals surface area contributed by atoms with Gasteiger partial charge in [-0.1, -0.05) is 12.1 Å². The largest absolute Gasteiger partial charge is 0.573 e. The Bertz CT molecular complexity index is 1060. The van der Waals surface area contributed by atoms with Crippen LogP contribution in [-0.4, -0.2) is 53.9 Å². The van der Waals surface area contributed by atoms with Crippen molar-refractivity contribution in [2.75, 3.05) is 13.2 Å². The summed E-state index contributed by atoms with van der Waals surface area (Å²) >= 11 is 0. The first-order valence-corrected chi connectivity index (χ1v) is 10.3. The van der Waals surface area contributed by atoms with E-state index in [4.69, 9.17) is 4.74 Å². The van der Waals surface area contributed by atoms with Gasteiger partial charge in [-0.3, -0.25) is 14.4 Å². The Balaban J connectivity index is 1.74. The molecule has 2 aromatic carbocycles. The second-order valence-corrected chi connectivity index (χ2v) is 7.99. The highest BCUT2D eigenvalue weighted by atomic mass is 19.4. The van der Waals surface area contributed by atoms with E-state index < -0.39 is 41.5 Å². The number of alkyl halides is 3. The molecule has 11 heteroatoms. The summed E-state index contributed by atoms with van der Waals surface area (Å²) in [6, 6.07) is 10.1. The maximum atomic E-state index is 13.2. The first-order chi connectivity index (χ1) is 15.9. The van der Waals surface area contributed by atoms with Gasteiger partial charge in [-0.25, -0.2) is 0 Å². The third-order valence-electron chi connectivity index (χ3n) is 5.67. The normalized spacial score (nSPS) is 21.1. The molecular formula is C23H23F3N2O6. The minimum atomic E-state index is -4.85. The van der Waals surface area contributed by atoms with Crippen LogP contribution in [0, 0.1) is 0 Å². The Labute approximate surface area is 193 Å². The van der Waals surface area contributed by atoms with Gasteiger partial charge in [0.25, 0.3) is 5.91 Å². The van der Waals surface area contributed by atoms with Crippen LogP contribution in [0.15, 0.2) is 48.5 Å². The Morgan fingerprint density at radius 1 is 1.18 bits per heavy atom. The number of hydrogen-bond donors (Lipinski definition) is 3. The predicted molar refractivity (Wildman–Crippen MR) is 113 cm³/mol. The van der Waals surface area contributed by atoms with Crippen LogP contribution >= 0.6 is 0 Å². The number of ketones is 1. The second-order valence-electron chi connectivity index (χ2n) is 7.99. The van der Waals surface area contributed by atoms with Crippen LogP contribution in [0.25, 0.3) is 0 Å². The van der Waals surface area contributed by atoms with Crippen molar-refractivity contribution in [3.63, 3.8) is 0 Å². The molecule has 1 heterocycles. The van der Waals surface area contributed by atoms with Crippen molar-refractivity contribution in [3.8, 4) is 11.5 Å². The standard InChI is InChI=1S/C23H23F3N2O6/c1-13-22(2,19(30)12-33-13)28-21(32)18(14-3-7-16(29)8-4-14)11-27-20(31)15-5-9-17(10-6-15)34-23(24,25)26/h3-10,13,18,29H,11-12H2,1-2H3,(H,27,31)(H,28,32). The summed E-state index contributed by atoms with van der Waals surface area (Å²) in [5, 5.41) is 14.9. The van der Waals surface area contributed by atoms with Gasteiger partial charge < -0.3 is 25.2 Å². The number of ether oxygens (including phenoxy) is 2. The molecule has 2 amide bonds. The highest BCUT2D eigenvalue weighted by molar-refractivity contribution is 5.98. The van der Waals surface area contributed by atoms with Crippen molar-refractivity contribution in [2.45, 2.75) is 37.8 Å². The fourth-order valence-corrected chi connectivity index (χ4v) is 3.43. The highest BCUT2D eigenvalue weighted by Gasteiger charge is 2.47. The van der Waals surface area contributed by atoms with Crippen LogP contribution < -0.4 is 15.4 Å². The molecule has 3 rings (SSSR count). The lowest BCUT2D eigenvalue weighted by Gasteiger charge is -2.29. The molecule has 34 heavy (non-hydrogen) atoms. The van der Waals surface area contributed by atoms with Crippen LogP contribution in [0.4, 0.5) is 13.2 Å². The number of Topliss-reactive ketones (excluding diaryl/α,β-unsaturated/α-hetero) is 1. The summed E-state index contributed by atoms with van der Waals surface area (Å²) in [6.45, 7) is 2.90. The number of aromatic hydroxyl groups is 1. The zero-order chi connectivity index (χ0) is 25.1. The minimum Gasteiger partial charge on any atom is -0.508 e. The van der Waals surface area contributed by atoms with Crippen LogP contribution in [-0.2, 0) is 14.3 Å². The number of carbonyl (C=O) groups excluding carboxylic acids is 3. The summed E-state index contributed by atoms with van der Waals surface area (Å²) in [5.41, 5.74) is -0.726. The smallest absolute Gasteiger partial charge is 0.508 e. The number of phenols is 1. The minimum absolute atomic E-state index is 0.0203. The van der Waals surface area contributed by atoms with Gasteiger partial charge in [0.2, 0.25) is 5.91 Å². The molecule has 1 fully saturated rings. The summed E-state index contributed by atoms with van der Waals surface area (Å²) in [7, 11) is 0. The fraction of sp³-hybridized carbons (Fsp3) is 0.348. The van der Waals surface area contributed by atoms with Crippen molar-refractivity contribution in [1.29, 1.82) is 0 Å². The number of benzene rings is 2. The fourth-order valence-electron chi connectivity index (χ4n) is 3.43. The summed E-state index contributed by atoms with van der Waals surface area (Å²) in [5.74, 6) is -2.90. The Kier molecular flexibility index (Phi) is 7.15. The lowest BCUT2D eigenvalue weighted by atomic mass is 9.90. The van der Waals surface area contributed by atoms with E-state index in [-0.39, 0.29) is 30.2 Å². The number of phenolic OH excluding ortho intramolecular Hbond substituents is 1. The van der Waals surface area contributed by atoms with E-state index in [9.17, 15) is 32.7 Å². The Hall–Kier alpha value is -3.60. The van der Waals surface area contributed by atoms with Crippen molar-refractivity contribution in [1.82, 2.24) is 10.6 Å². The lowest BCUT2D eigenvalue weighted by molar-refractivity contribution is -0.274. The van der Waals surface area contributed by atoms with E-state index in [0.717, 1.165) is 24.3 Å². The molecule has 0 aliphatic carbocycles. The molecule has 3 unspecified atom stereocenters. The second kappa shape index (κ2) is 9.72. The first-order valence-electron chi connectivity index (χ1n) is 10.3. The van der Waals surface area contributed by atoms with Crippen molar-refractivity contribution < 1.29 is 42.1 Å². The SMILES string of the molecule is CC1OCC(=O)C1(C)NC(=O)C(CNC(=O)c1ccc(OC(F)(F)F)cc1)c1ccc(O)cc1. The van der Waals surface area contributed by atoms with Crippen LogP contribution in [0.3, 0.4) is 0 Å². The predicted octanol–water partition coefficient (Wildman–Crippen LogP) is 2.67. The van der Waals surface area contributed by atoms with Crippen LogP contribution in [0.2, 0.25) is 0 Å². The number of hydrogen-bond acceptors (Lipinski definition) is 6. The number of nitrogens with one attached hydrogen (secondary N) is 2. The molecule has 0 aromatic heterocycles. The molecule has 0 bridgehead atoms. The van der Waals surface area contributed by atoms with Gasteiger partial charge >= 0.3 is 6.36 Å². The van der Waals surface area contributed by atoms with E-state index in [1.807, 2.05) is 0 Å². The average molecular weight is 480 g/mol. The van der Waals surface area contributed by atoms with Gasteiger partial charge in [-0.05, 0) is 55.8 Å². The van der Waals surface area contributed by atoms with Gasteiger partial charge in [-0.2, -0.15) is 0 Å². The molecule has 0 radical (unpaired) electrons. The van der Waals surface area contributed by atoms with E-state index in [1.54, 1.807) is 13.8 Å². The van der Waals surface area contributed by atoms with Crippen molar-refractivity contribution in [3.05, 3.63) is 59.7 Å². The molecule has 8 nitrogen and oxygen atoms in total. The summed E-state index contributed by atoms with van der Waals surface area (Å²) < 4.78 is 46.0. The quantitative estimate of drug-likeness (QED) is 0.562. The molecule has 1 aliphatic rings. The Morgan fingerprint density at radius 2 is 1.79 bits per heavy atom. The van der Waals surface area contributed by atoms with Crippen molar-refractivity contribution in [2.24, 2.45) is 0 Å². The van der Waals surface area contributed by atoms with Gasteiger partial charge in [0.15, 0.2) is 5.78 Å². The van der Waals surface area contributed by atoms with Crippen molar-refractivity contribution >= 4 is 17.6 Å². The van der Waals surface area contributed by atoms with E-state index in [1.165, 1.54) is 24.3 Å². The van der Waals surface area contributed by atoms with Crippen LogP contribution in [0.1, 0.15) is 35.7 Å². The number of halogens is 3. The molecule has 2 aromatic rings. The molecule has 3 atom stereocenters. The molecule has 3 N–H and O–H groups in total. The third-order valence-corrected chi connectivity index (χ3v) is 5.67. The van der Waals surface area contributed by atoms with Gasteiger partial charge in [0.05, 0.1) is 12.0 Å². The molecular weight excluding hydrogens is 457 g/mol. The highest BCUT2D eigenvalue weighted by Crippen LogP contribution is 2.26. The molecule has 1 aliphatic heterocycles. The molecule has 0 spiro atoms. The third kappa shape index (κ3) is 5.84.